The lowest BCUT2D eigenvalue weighted by Crippen LogP contribution is -1.98. The minimum atomic E-state index is -0.545. The molecule has 1 aromatic heterocycles. The van der Waals surface area contributed by atoms with E-state index in [1.165, 1.54) is 24.5 Å². The van der Waals surface area contributed by atoms with Gasteiger partial charge in [-0.15, -0.1) is 0 Å². The molecule has 0 aliphatic rings. The van der Waals surface area contributed by atoms with Gasteiger partial charge < -0.3 is 16.6 Å². The molecule has 0 unspecified atom stereocenters. The number of nitrogen functional groups attached to an aromatic ring is 2. The number of phenolic OH excluding ortho intramolecular Hbond substituents is 1. The van der Waals surface area contributed by atoms with Gasteiger partial charge >= 0.3 is 0 Å². The highest BCUT2D eigenvalue weighted by Crippen LogP contribution is 2.31. The van der Waals surface area contributed by atoms with E-state index in [4.69, 9.17) is 11.5 Å². The number of anilines is 2. The smallest absolute Gasteiger partial charge is 0.127 e. The van der Waals surface area contributed by atoms with E-state index >= 15 is 0 Å². The molecule has 0 aliphatic heterocycles. The summed E-state index contributed by atoms with van der Waals surface area (Å²) in [6.45, 7) is 0. The van der Waals surface area contributed by atoms with E-state index < -0.39 is 5.82 Å². The summed E-state index contributed by atoms with van der Waals surface area (Å²) in [5, 5.41) is 9.28. The monoisotopic (exact) mass is 219 g/mol. The summed E-state index contributed by atoms with van der Waals surface area (Å²) < 4.78 is 13.1. The number of hydrogen-bond donors (Lipinski definition) is 3. The van der Waals surface area contributed by atoms with E-state index in [2.05, 4.69) is 4.98 Å². The number of rotatable bonds is 1. The number of phenols is 1. The van der Waals surface area contributed by atoms with Crippen LogP contribution in [0.5, 0.6) is 5.75 Å². The van der Waals surface area contributed by atoms with Gasteiger partial charge in [0.25, 0.3) is 0 Å². The molecule has 0 amide bonds. The number of halogens is 1. The third-order valence-electron chi connectivity index (χ3n) is 2.21. The standard InChI is InChI=1S/C11H10FN3O/c12-7-1-6(2-8(16)3-7)9-4-15-5-10(13)11(9)14/h1-5,16H,13H2,(H2,14,15). The van der Waals surface area contributed by atoms with Gasteiger partial charge in [0.2, 0.25) is 0 Å². The number of aromatic nitrogens is 1. The fraction of sp³-hybridized carbons (Fsp3) is 0. The molecule has 0 radical (unpaired) electrons. The zero-order valence-electron chi connectivity index (χ0n) is 8.31. The van der Waals surface area contributed by atoms with Crippen LogP contribution in [0.3, 0.4) is 0 Å². The van der Waals surface area contributed by atoms with E-state index in [-0.39, 0.29) is 5.75 Å². The summed E-state index contributed by atoms with van der Waals surface area (Å²) in [6, 6.07) is 3.67. The van der Waals surface area contributed by atoms with Crippen molar-refractivity contribution >= 4 is 11.4 Å². The Labute approximate surface area is 91.3 Å². The summed E-state index contributed by atoms with van der Waals surface area (Å²) in [6.07, 6.45) is 2.89. The Balaban J connectivity index is 2.63. The van der Waals surface area contributed by atoms with Crippen LogP contribution in [-0.2, 0) is 0 Å². The number of hydrogen-bond acceptors (Lipinski definition) is 4. The molecule has 0 spiro atoms. The fourth-order valence-electron chi connectivity index (χ4n) is 1.45. The van der Waals surface area contributed by atoms with Crippen molar-refractivity contribution in [2.45, 2.75) is 0 Å². The Morgan fingerprint density at radius 3 is 2.56 bits per heavy atom. The second kappa shape index (κ2) is 3.69. The number of benzene rings is 1. The van der Waals surface area contributed by atoms with Gasteiger partial charge in [0, 0.05) is 17.8 Å². The lowest BCUT2D eigenvalue weighted by Gasteiger charge is -2.08. The van der Waals surface area contributed by atoms with Crippen LogP contribution in [0.2, 0.25) is 0 Å². The van der Waals surface area contributed by atoms with Crippen LogP contribution in [0, 0.1) is 5.82 Å². The van der Waals surface area contributed by atoms with Crippen LogP contribution in [-0.4, -0.2) is 10.1 Å². The molecule has 2 aromatic rings. The van der Waals surface area contributed by atoms with Gasteiger partial charge in [-0.25, -0.2) is 4.39 Å². The SMILES string of the molecule is Nc1cncc(-c2cc(O)cc(F)c2)c1N. The van der Waals surface area contributed by atoms with Crippen molar-refractivity contribution in [3.8, 4) is 16.9 Å². The molecular weight excluding hydrogens is 209 g/mol. The second-order valence-electron chi connectivity index (χ2n) is 3.39. The molecule has 0 saturated carbocycles. The quantitative estimate of drug-likeness (QED) is 0.682. The molecule has 4 nitrogen and oxygen atoms in total. The summed E-state index contributed by atoms with van der Waals surface area (Å²) in [4.78, 5) is 3.87. The van der Waals surface area contributed by atoms with Crippen molar-refractivity contribution in [1.82, 2.24) is 4.98 Å². The summed E-state index contributed by atoms with van der Waals surface area (Å²) in [7, 11) is 0. The lowest BCUT2D eigenvalue weighted by atomic mass is 10.1. The van der Waals surface area contributed by atoms with Gasteiger partial charge in [0.15, 0.2) is 0 Å². The molecule has 2 rings (SSSR count). The van der Waals surface area contributed by atoms with E-state index in [9.17, 15) is 9.50 Å². The third kappa shape index (κ3) is 1.75. The first-order valence-electron chi connectivity index (χ1n) is 4.57. The molecule has 0 aliphatic carbocycles. The van der Waals surface area contributed by atoms with Crippen molar-refractivity contribution < 1.29 is 9.50 Å². The van der Waals surface area contributed by atoms with Gasteiger partial charge in [0.1, 0.15) is 11.6 Å². The second-order valence-corrected chi connectivity index (χ2v) is 3.39. The van der Waals surface area contributed by atoms with Crippen molar-refractivity contribution in [2.75, 3.05) is 11.5 Å². The Morgan fingerprint density at radius 1 is 1.12 bits per heavy atom. The topological polar surface area (TPSA) is 85.2 Å². The third-order valence-corrected chi connectivity index (χ3v) is 2.21. The number of nitrogens with zero attached hydrogens (tertiary/aromatic N) is 1. The van der Waals surface area contributed by atoms with Crippen molar-refractivity contribution in [2.24, 2.45) is 0 Å². The van der Waals surface area contributed by atoms with Gasteiger partial charge in [0.05, 0.1) is 17.6 Å². The van der Waals surface area contributed by atoms with Gasteiger partial charge in [-0.2, -0.15) is 0 Å². The van der Waals surface area contributed by atoms with Crippen LogP contribution in [0.25, 0.3) is 11.1 Å². The Morgan fingerprint density at radius 2 is 1.88 bits per heavy atom. The van der Waals surface area contributed by atoms with Crippen LogP contribution in [0.1, 0.15) is 0 Å². The summed E-state index contributed by atoms with van der Waals surface area (Å²) in [5.41, 5.74) is 12.9. The number of nitrogens with two attached hydrogens (primary N) is 2. The molecular formula is C11H10FN3O. The molecule has 1 aromatic carbocycles. The highest BCUT2D eigenvalue weighted by Gasteiger charge is 2.08. The van der Waals surface area contributed by atoms with E-state index in [0.717, 1.165) is 6.07 Å². The van der Waals surface area contributed by atoms with Gasteiger partial charge in [-0.05, 0) is 17.7 Å². The first-order valence-corrected chi connectivity index (χ1v) is 4.57. The Hall–Kier alpha value is -2.30. The average molecular weight is 219 g/mol. The number of aromatic hydroxyl groups is 1. The van der Waals surface area contributed by atoms with Crippen molar-refractivity contribution in [3.05, 3.63) is 36.4 Å². The molecule has 0 bridgehead atoms. The molecule has 82 valence electrons. The minimum Gasteiger partial charge on any atom is -0.508 e. The van der Waals surface area contributed by atoms with E-state index in [1.807, 2.05) is 0 Å². The molecule has 1 heterocycles. The minimum absolute atomic E-state index is 0.170. The predicted molar refractivity (Wildman–Crippen MR) is 60.1 cm³/mol. The first-order chi connectivity index (χ1) is 7.58. The van der Waals surface area contributed by atoms with Gasteiger partial charge in [-0.1, -0.05) is 0 Å². The molecule has 5 N–H and O–H groups in total. The fourth-order valence-corrected chi connectivity index (χ4v) is 1.45. The van der Waals surface area contributed by atoms with E-state index in [0.29, 0.717) is 22.5 Å². The summed E-state index contributed by atoms with van der Waals surface area (Å²) >= 11 is 0. The number of pyridine rings is 1. The van der Waals surface area contributed by atoms with Crippen LogP contribution < -0.4 is 11.5 Å². The molecule has 16 heavy (non-hydrogen) atoms. The van der Waals surface area contributed by atoms with Crippen molar-refractivity contribution in [1.29, 1.82) is 0 Å². The molecule has 5 heteroatoms. The zero-order valence-corrected chi connectivity index (χ0v) is 8.31. The highest BCUT2D eigenvalue weighted by molar-refractivity contribution is 5.83. The Kier molecular flexibility index (Phi) is 2.36. The average Bonchev–Trinajstić information content (AvgIpc) is 2.20. The predicted octanol–water partition coefficient (Wildman–Crippen LogP) is 1.76. The Bertz CT molecular complexity index is 522. The summed E-state index contributed by atoms with van der Waals surface area (Å²) in [5.74, 6) is -0.714. The van der Waals surface area contributed by atoms with Crippen LogP contribution in [0.4, 0.5) is 15.8 Å². The maximum atomic E-state index is 13.1. The highest BCUT2D eigenvalue weighted by atomic mass is 19.1. The maximum absolute atomic E-state index is 13.1. The lowest BCUT2D eigenvalue weighted by molar-refractivity contribution is 0.469. The first kappa shape index (κ1) is 10.2. The molecule has 0 saturated heterocycles. The van der Waals surface area contributed by atoms with Gasteiger partial charge in [-0.3, -0.25) is 4.98 Å². The van der Waals surface area contributed by atoms with Crippen molar-refractivity contribution in [3.63, 3.8) is 0 Å². The van der Waals surface area contributed by atoms with Crippen LogP contribution >= 0.6 is 0 Å². The normalized spacial score (nSPS) is 10.3. The molecule has 0 atom stereocenters. The largest absolute Gasteiger partial charge is 0.508 e. The maximum Gasteiger partial charge on any atom is 0.127 e. The molecule has 0 fully saturated rings. The van der Waals surface area contributed by atoms with Crippen LogP contribution in [0.15, 0.2) is 30.6 Å². The zero-order chi connectivity index (χ0) is 11.7. The van der Waals surface area contributed by atoms with E-state index in [1.54, 1.807) is 0 Å².